The third-order valence-electron chi connectivity index (χ3n) is 4.74. The molecule has 1 aliphatic rings. The third kappa shape index (κ3) is 3.34. The van der Waals surface area contributed by atoms with Gasteiger partial charge in [-0.25, -0.2) is 0 Å². The summed E-state index contributed by atoms with van der Waals surface area (Å²) >= 11 is 0. The van der Waals surface area contributed by atoms with Gasteiger partial charge in [-0.3, -0.25) is 9.78 Å². The van der Waals surface area contributed by atoms with Crippen LogP contribution in [-0.4, -0.2) is 55.9 Å². The number of aliphatic hydroxyl groups excluding tert-OH is 1. The number of nitrogens with zero attached hydrogens (tertiary/aromatic N) is 5. The van der Waals surface area contributed by atoms with E-state index in [0.29, 0.717) is 30.2 Å². The number of rotatable bonds is 4. The van der Waals surface area contributed by atoms with E-state index in [-0.39, 0.29) is 18.4 Å². The highest BCUT2D eigenvalue weighted by Gasteiger charge is 2.29. The maximum Gasteiger partial charge on any atom is 0.257 e. The van der Waals surface area contributed by atoms with Crippen LogP contribution in [0.5, 0.6) is 5.75 Å². The maximum atomic E-state index is 12.8. The Morgan fingerprint density at radius 2 is 2.08 bits per heavy atom. The predicted octanol–water partition coefficient (Wildman–Crippen LogP) is 1.04. The van der Waals surface area contributed by atoms with E-state index in [1.165, 1.54) is 0 Å². The zero-order valence-corrected chi connectivity index (χ0v) is 14.8. The van der Waals surface area contributed by atoms with Crippen molar-refractivity contribution in [1.82, 2.24) is 24.6 Å². The van der Waals surface area contributed by atoms with Gasteiger partial charge < -0.3 is 19.3 Å². The van der Waals surface area contributed by atoms with Crippen molar-refractivity contribution in [2.75, 3.05) is 20.2 Å². The number of hydrogen-bond acceptors (Lipinski definition) is 6. The Kier molecular flexibility index (Phi) is 4.98. The van der Waals surface area contributed by atoms with E-state index < -0.39 is 0 Å². The average Bonchev–Trinajstić information content (AvgIpc) is 3.01. The summed E-state index contributed by atoms with van der Waals surface area (Å²) in [7, 11) is 3.41. The molecule has 1 saturated heterocycles. The van der Waals surface area contributed by atoms with Crippen molar-refractivity contribution in [1.29, 1.82) is 0 Å². The fourth-order valence-electron chi connectivity index (χ4n) is 3.26. The molecular weight excluding hydrogens is 322 g/mol. The lowest BCUT2D eigenvalue weighted by atomic mass is 9.95. The summed E-state index contributed by atoms with van der Waals surface area (Å²) in [6.45, 7) is 3.03. The molecule has 0 bridgehead atoms. The van der Waals surface area contributed by atoms with Gasteiger partial charge in [0.05, 0.1) is 18.9 Å². The Bertz CT molecular complexity index is 766. The van der Waals surface area contributed by atoms with Crippen molar-refractivity contribution < 1.29 is 14.6 Å². The summed E-state index contributed by atoms with van der Waals surface area (Å²) in [6, 6.07) is 1.77. The average molecular weight is 345 g/mol. The highest BCUT2D eigenvalue weighted by molar-refractivity contribution is 5.97. The Labute approximate surface area is 146 Å². The second kappa shape index (κ2) is 7.18. The van der Waals surface area contributed by atoms with Crippen LogP contribution in [0, 0.1) is 6.92 Å². The van der Waals surface area contributed by atoms with Crippen LogP contribution >= 0.6 is 0 Å². The Balaban J connectivity index is 1.71. The Hall–Kier alpha value is -2.48. The van der Waals surface area contributed by atoms with Crippen LogP contribution in [0.3, 0.4) is 0 Å². The molecule has 2 aromatic heterocycles. The molecule has 25 heavy (non-hydrogen) atoms. The van der Waals surface area contributed by atoms with E-state index in [4.69, 9.17) is 4.74 Å². The number of pyridine rings is 1. The van der Waals surface area contributed by atoms with Crippen LogP contribution in [0.1, 0.15) is 46.5 Å². The second-order valence-electron chi connectivity index (χ2n) is 6.28. The quantitative estimate of drug-likeness (QED) is 0.890. The summed E-state index contributed by atoms with van der Waals surface area (Å²) in [6.07, 6.45) is 3.22. The fraction of sp³-hybridized carbons (Fsp3) is 0.529. The zero-order chi connectivity index (χ0) is 18.0. The van der Waals surface area contributed by atoms with Gasteiger partial charge in [-0.1, -0.05) is 0 Å². The molecule has 0 saturated carbocycles. The predicted molar refractivity (Wildman–Crippen MR) is 90.3 cm³/mol. The highest BCUT2D eigenvalue weighted by Crippen LogP contribution is 2.29. The van der Waals surface area contributed by atoms with E-state index >= 15 is 0 Å². The lowest BCUT2D eigenvalue weighted by Gasteiger charge is -2.31. The first-order valence-corrected chi connectivity index (χ1v) is 8.34. The van der Waals surface area contributed by atoms with Crippen molar-refractivity contribution in [2.45, 2.75) is 32.3 Å². The summed E-state index contributed by atoms with van der Waals surface area (Å²) in [4.78, 5) is 18.9. The second-order valence-corrected chi connectivity index (χ2v) is 6.28. The summed E-state index contributed by atoms with van der Waals surface area (Å²) in [5.74, 6) is 2.13. The maximum absolute atomic E-state index is 12.8. The van der Waals surface area contributed by atoms with Gasteiger partial charge in [0.1, 0.15) is 18.2 Å². The van der Waals surface area contributed by atoms with Gasteiger partial charge in [-0.15, -0.1) is 10.2 Å². The molecule has 1 amide bonds. The molecule has 3 heterocycles. The lowest BCUT2D eigenvalue weighted by Crippen LogP contribution is -2.38. The van der Waals surface area contributed by atoms with Gasteiger partial charge in [0.15, 0.2) is 5.82 Å². The largest absolute Gasteiger partial charge is 0.494 e. The SMILES string of the molecule is COc1cnc(C)cc1C(=O)N1CCC(c2nnc(CO)n2C)CC1. The molecule has 0 atom stereocenters. The molecule has 0 aromatic carbocycles. The van der Waals surface area contributed by atoms with E-state index in [0.717, 1.165) is 24.4 Å². The molecule has 134 valence electrons. The number of amides is 1. The van der Waals surface area contributed by atoms with Crippen molar-refractivity contribution in [3.05, 3.63) is 35.2 Å². The van der Waals surface area contributed by atoms with Crippen molar-refractivity contribution in [2.24, 2.45) is 7.05 Å². The molecule has 1 fully saturated rings. The van der Waals surface area contributed by atoms with Gasteiger partial charge in [-0.05, 0) is 25.8 Å². The molecule has 8 nitrogen and oxygen atoms in total. The first-order valence-electron chi connectivity index (χ1n) is 8.34. The Morgan fingerprint density at radius 3 is 2.68 bits per heavy atom. The topological polar surface area (TPSA) is 93.4 Å². The van der Waals surface area contributed by atoms with Crippen molar-refractivity contribution in [3.8, 4) is 5.75 Å². The number of carbonyl (C=O) groups excluding carboxylic acids is 1. The number of methoxy groups -OCH3 is 1. The van der Waals surface area contributed by atoms with Crippen LogP contribution in [0.2, 0.25) is 0 Å². The lowest BCUT2D eigenvalue weighted by molar-refractivity contribution is 0.0706. The van der Waals surface area contributed by atoms with E-state index in [1.54, 1.807) is 19.4 Å². The summed E-state index contributed by atoms with van der Waals surface area (Å²) in [5.41, 5.74) is 1.34. The fourth-order valence-corrected chi connectivity index (χ4v) is 3.26. The van der Waals surface area contributed by atoms with Gasteiger partial charge in [0.25, 0.3) is 5.91 Å². The first kappa shape index (κ1) is 17.3. The van der Waals surface area contributed by atoms with Crippen molar-refractivity contribution in [3.63, 3.8) is 0 Å². The molecule has 1 N–H and O–H groups in total. The van der Waals surface area contributed by atoms with E-state index in [2.05, 4.69) is 15.2 Å². The minimum Gasteiger partial charge on any atom is -0.494 e. The van der Waals surface area contributed by atoms with Gasteiger partial charge in [0.2, 0.25) is 0 Å². The normalized spacial score (nSPS) is 15.4. The minimum absolute atomic E-state index is 0.0326. The van der Waals surface area contributed by atoms with Gasteiger partial charge in [0, 0.05) is 31.7 Å². The molecule has 2 aromatic rings. The summed E-state index contributed by atoms with van der Waals surface area (Å²) in [5, 5.41) is 17.5. The molecule has 0 spiro atoms. The minimum atomic E-state index is -0.123. The van der Waals surface area contributed by atoms with Crippen LogP contribution in [0.4, 0.5) is 0 Å². The number of aryl methyl sites for hydroxylation is 1. The van der Waals surface area contributed by atoms with E-state index in [1.807, 2.05) is 23.4 Å². The van der Waals surface area contributed by atoms with Crippen molar-refractivity contribution >= 4 is 5.91 Å². The molecule has 0 radical (unpaired) electrons. The number of aliphatic hydroxyl groups is 1. The smallest absolute Gasteiger partial charge is 0.257 e. The monoisotopic (exact) mass is 345 g/mol. The number of aromatic nitrogens is 4. The molecule has 0 unspecified atom stereocenters. The molecule has 1 aliphatic heterocycles. The van der Waals surface area contributed by atoms with Crippen LogP contribution < -0.4 is 4.74 Å². The number of likely N-dealkylation sites (tertiary alicyclic amines) is 1. The standard InChI is InChI=1S/C17H23N5O3/c1-11-8-13(14(25-3)9-18-11)17(24)22-6-4-12(5-7-22)16-20-19-15(10-23)21(16)2/h8-9,12,23H,4-7,10H2,1-3H3. The summed E-state index contributed by atoms with van der Waals surface area (Å²) < 4.78 is 7.12. The van der Waals surface area contributed by atoms with Gasteiger partial charge >= 0.3 is 0 Å². The van der Waals surface area contributed by atoms with Crippen LogP contribution in [-0.2, 0) is 13.7 Å². The number of hydrogen-bond donors (Lipinski definition) is 1. The van der Waals surface area contributed by atoms with Crippen LogP contribution in [0.25, 0.3) is 0 Å². The molecule has 8 heteroatoms. The Morgan fingerprint density at radius 1 is 1.36 bits per heavy atom. The molecular formula is C17H23N5O3. The molecule has 3 rings (SSSR count). The number of piperidine rings is 1. The number of carbonyl (C=O) groups is 1. The number of ether oxygens (including phenoxy) is 1. The van der Waals surface area contributed by atoms with Gasteiger partial charge in [-0.2, -0.15) is 0 Å². The third-order valence-corrected chi connectivity index (χ3v) is 4.74. The highest BCUT2D eigenvalue weighted by atomic mass is 16.5. The first-order chi connectivity index (χ1) is 12.0. The molecule has 0 aliphatic carbocycles. The zero-order valence-electron chi connectivity index (χ0n) is 14.8. The van der Waals surface area contributed by atoms with E-state index in [9.17, 15) is 9.90 Å². The van der Waals surface area contributed by atoms with Crippen LogP contribution in [0.15, 0.2) is 12.3 Å².